The van der Waals surface area contributed by atoms with E-state index in [4.69, 9.17) is 0 Å². The van der Waals surface area contributed by atoms with E-state index in [1.165, 1.54) is 6.33 Å². The van der Waals surface area contributed by atoms with Crippen LogP contribution in [0.1, 0.15) is 6.42 Å². The molecular formula is C11H11N8OWY-. The summed E-state index contributed by atoms with van der Waals surface area (Å²) in [6.45, 7) is 1.65. The van der Waals surface area contributed by atoms with Crippen LogP contribution in [-0.2, 0) is 53.8 Å². The van der Waals surface area contributed by atoms with Crippen molar-refractivity contribution in [2.45, 2.75) is 12.5 Å². The molecule has 1 fully saturated rings. The molecule has 4 rings (SSSR count). The summed E-state index contributed by atoms with van der Waals surface area (Å²) >= 11 is 0. The van der Waals surface area contributed by atoms with E-state index in [0.29, 0.717) is 5.95 Å². The Morgan fingerprint density at radius 1 is 1.41 bits per heavy atom. The summed E-state index contributed by atoms with van der Waals surface area (Å²) < 4.78 is 4.65. The van der Waals surface area contributed by atoms with Gasteiger partial charge in [0.05, 0.1) is 18.0 Å². The van der Waals surface area contributed by atoms with Gasteiger partial charge in [-0.1, -0.05) is 0 Å². The molecule has 1 aliphatic rings. The number of nitrogens with one attached hydrogen (secondary N) is 2. The van der Waals surface area contributed by atoms with Gasteiger partial charge in [0.25, 0.3) is 0 Å². The smallest absolute Gasteiger partial charge is 0.160 e. The fraction of sp³-hybridized carbons (Fsp3) is 0.364. The fourth-order valence-corrected chi connectivity index (χ4v) is 2.40. The minimum absolute atomic E-state index is 0. The van der Waals surface area contributed by atoms with Crippen LogP contribution in [0.2, 0.25) is 0 Å². The number of fused-ring (bicyclic) bond motifs is 1. The van der Waals surface area contributed by atoms with E-state index >= 15 is 0 Å². The van der Waals surface area contributed by atoms with Crippen molar-refractivity contribution >= 4 is 22.8 Å². The number of H-pyrrole nitrogens is 1. The van der Waals surface area contributed by atoms with Crippen LogP contribution in [0.5, 0.6) is 0 Å². The molecule has 0 aliphatic carbocycles. The Kier molecular flexibility index (Phi) is 6.00. The second-order valence-corrected chi connectivity index (χ2v) is 4.62. The molecule has 1 radical (unpaired) electrons. The normalized spacial score (nSPS) is 17.1. The molecule has 0 aromatic carbocycles. The summed E-state index contributed by atoms with van der Waals surface area (Å²) in [7, 11) is 0. The molecule has 0 bridgehead atoms. The SMILES string of the molecule is [W].[Y].[c-]1nc(N2CCC(Nc3ncnc4[nH]ncc34)C2)no1. The molecule has 0 spiro atoms. The molecule has 1 unspecified atom stereocenters. The van der Waals surface area contributed by atoms with Crippen LogP contribution in [0.3, 0.4) is 0 Å². The molecular weight excluding hydrogens is 533 g/mol. The molecule has 9 nitrogen and oxygen atoms in total. The summed E-state index contributed by atoms with van der Waals surface area (Å²) in [5, 5.41) is 14.9. The van der Waals surface area contributed by atoms with E-state index in [0.717, 1.165) is 36.4 Å². The van der Waals surface area contributed by atoms with Crippen LogP contribution in [0.15, 0.2) is 17.0 Å². The maximum Gasteiger partial charge on any atom is 0.160 e. The molecule has 0 saturated carbocycles. The first-order chi connectivity index (χ1) is 9.90. The molecule has 1 saturated heterocycles. The van der Waals surface area contributed by atoms with Crippen molar-refractivity contribution in [2.24, 2.45) is 0 Å². The van der Waals surface area contributed by atoms with Gasteiger partial charge in [0.15, 0.2) is 5.65 Å². The summed E-state index contributed by atoms with van der Waals surface area (Å²) in [5.41, 5.74) is 0.727. The summed E-state index contributed by atoms with van der Waals surface area (Å²) in [6, 6.07) is 0.265. The first kappa shape index (κ1) is 17.4. The standard InChI is InChI=1S/C11H11N8O.W.Y/c1-2-19(11-14-6-20-18-11)4-7(1)16-9-8-3-15-17-10(8)13-5-12-9;;/h3,5,7H,1-2,4H2,(H2,12,13,15,16,17);;/q-1;;. The first-order valence-corrected chi connectivity index (χ1v) is 6.25. The second kappa shape index (κ2) is 7.57. The number of hydrogen-bond acceptors (Lipinski definition) is 8. The van der Waals surface area contributed by atoms with E-state index in [1.54, 1.807) is 6.20 Å². The van der Waals surface area contributed by atoms with Gasteiger partial charge in [-0.2, -0.15) is 10.3 Å². The Bertz CT molecular complexity index is 720. The summed E-state index contributed by atoms with van der Waals surface area (Å²) in [5.74, 6) is 1.36. The number of anilines is 2. The minimum Gasteiger partial charge on any atom is -0.457 e. The molecule has 1 aliphatic heterocycles. The van der Waals surface area contributed by atoms with Gasteiger partial charge in [-0.15, -0.1) is 0 Å². The Labute approximate surface area is 165 Å². The van der Waals surface area contributed by atoms with Crippen molar-refractivity contribution < 1.29 is 58.3 Å². The van der Waals surface area contributed by atoms with Crippen molar-refractivity contribution in [1.29, 1.82) is 0 Å². The third-order valence-corrected chi connectivity index (χ3v) is 3.37. The third-order valence-electron chi connectivity index (χ3n) is 3.37. The number of hydrogen-bond donors (Lipinski definition) is 2. The molecule has 4 heterocycles. The van der Waals surface area contributed by atoms with Gasteiger partial charge < -0.3 is 19.7 Å². The van der Waals surface area contributed by atoms with Crippen molar-refractivity contribution in [3.8, 4) is 0 Å². The van der Waals surface area contributed by atoms with Gasteiger partial charge in [-0.05, 0) is 6.42 Å². The van der Waals surface area contributed by atoms with Crippen LogP contribution < -0.4 is 10.2 Å². The van der Waals surface area contributed by atoms with Crippen molar-refractivity contribution in [3.63, 3.8) is 0 Å². The van der Waals surface area contributed by atoms with E-state index in [2.05, 4.69) is 46.5 Å². The van der Waals surface area contributed by atoms with Crippen LogP contribution in [-0.4, -0.2) is 49.4 Å². The van der Waals surface area contributed by atoms with Crippen molar-refractivity contribution in [1.82, 2.24) is 30.3 Å². The van der Waals surface area contributed by atoms with Crippen LogP contribution >= 0.6 is 0 Å². The van der Waals surface area contributed by atoms with Crippen LogP contribution in [0.25, 0.3) is 11.0 Å². The van der Waals surface area contributed by atoms with Gasteiger partial charge in [-0.3, -0.25) is 5.10 Å². The maximum absolute atomic E-state index is 4.65. The monoisotopic (exact) mass is 544 g/mol. The average molecular weight is 544 g/mol. The number of nitrogens with zero attached hydrogens (tertiary/aromatic N) is 6. The summed E-state index contributed by atoms with van der Waals surface area (Å²) in [4.78, 5) is 14.4. The Hall–Kier alpha value is -0.918. The predicted molar refractivity (Wildman–Crippen MR) is 69.1 cm³/mol. The Morgan fingerprint density at radius 3 is 3.14 bits per heavy atom. The van der Waals surface area contributed by atoms with E-state index in [9.17, 15) is 0 Å². The molecule has 111 valence electrons. The van der Waals surface area contributed by atoms with E-state index in [1.807, 2.05) is 4.90 Å². The minimum atomic E-state index is 0. The van der Waals surface area contributed by atoms with Crippen LogP contribution in [0.4, 0.5) is 11.8 Å². The molecule has 22 heavy (non-hydrogen) atoms. The molecule has 3 aromatic rings. The van der Waals surface area contributed by atoms with Crippen molar-refractivity contribution in [3.05, 3.63) is 18.9 Å². The van der Waals surface area contributed by atoms with Gasteiger partial charge in [-0.25, -0.2) is 9.97 Å². The fourth-order valence-electron chi connectivity index (χ4n) is 2.40. The zero-order valence-corrected chi connectivity index (χ0v) is 17.2. The molecule has 11 heteroatoms. The molecule has 3 aromatic heterocycles. The van der Waals surface area contributed by atoms with Gasteiger partial charge >= 0.3 is 0 Å². The molecule has 1 atom stereocenters. The van der Waals surface area contributed by atoms with E-state index < -0.39 is 0 Å². The van der Waals surface area contributed by atoms with E-state index in [-0.39, 0.29) is 59.8 Å². The number of aromatic nitrogens is 6. The topological polar surface area (TPSA) is 109 Å². The first-order valence-electron chi connectivity index (χ1n) is 6.25. The zero-order chi connectivity index (χ0) is 13.4. The molecule has 2 N–H and O–H groups in total. The number of rotatable bonds is 3. The third kappa shape index (κ3) is 3.36. The van der Waals surface area contributed by atoms with Crippen molar-refractivity contribution in [2.75, 3.05) is 23.3 Å². The van der Waals surface area contributed by atoms with Gasteiger partial charge in [0.2, 0.25) is 0 Å². The average Bonchev–Trinajstić information content (AvgIpc) is 3.20. The second-order valence-electron chi connectivity index (χ2n) is 4.62. The molecule has 0 amide bonds. The zero-order valence-electron chi connectivity index (χ0n) is 11.4. The Balaban J connectivity index is 0.000000882. The predicted octanol–water partition coefficient (Wildman–Crippen LogP) is 0.222. The largest absolute Gasteiger partial charge is 0.457 e. The Morgan fingerprint density at radius 2 is 2.32 bits per heavy atom. The van der Waals surface area contributed by atoms with Gasteiger partial charge in [0.1, 0.15) is 18.1 Å². The van der Waals surface area contributed by atoms with Gasteiger partial charge in [0, 0.05) is 72.9 Å². The number of aromatic amines is 1. The summed E-state index contributed by atoms with van der Waals surface area (Å²) in [6.07, 6.45) is 6.57. The quantitative estimate of drug-likeness (QED) is 0.452. The maximum atomic E-state index is 4.65. The van der Waals surface area contributed by atoms with Crippen LogP contribution in [0, 0.1) is 6.39 Å².